The van der Waals surface area contributed by atoms with E-state index in [1.54, 1.807) is 32.9 Å². The van der Waals surface area contributed by atoms with Crippen LogP contribution >= 0.6 is 0 Å². The predicted molar refractivity (Wildman–Crippen MR) is 79.6 cm³/mol. The van der Waals surface area contributed by atoms with E-state index in [0.29, 0.717) is 5.75 Å². The summed E-state index contributed by atoms with van der Waals surface area (Å²) in [6.45, 7) is 8.01. The van der Waals surface area contributed by atoms with E-state index < -0.39 is 24.1 Å². The number of benzene rings is 1. The van der Waals surface area contributed by atoms with Gasteiger partial charge in [0.2, 0.25) is 0 Å². The van der Waals surface area contributed by atoms with Gasteiger partial charge in [-0.1, -0.05) is 6.58 Å². The molecule has 0 saturated heterocycles. The smallest absolute Gasteiger partial charge is 0.344 e. The highest BCUT2D eigenvalue weighted by Crippen LogP contribution is 2.18. The highest BCUT2D eigenvalue weighted by atomic mass is 16.6. The highest BCUT2D eigenvalue weighted by molar-refractivity contribution is 5.89. The molecule has 0 radical (unpaired) electrons. The van der Waals surface area contributed by atoms with Crippen molar-refractivity contribution in [3.8, 4) is 11.5 Å². The topological polar surface area (TPSA) is 82.1 Å². The zero-order chi connectivity index (χ0) is 16.8. The molecular weight excluding hydrogens is 288 g/mol. The Morgan fingerprint density at radius 2 is 1.68 bits per heavy atom. The lowest BCUT2D eigenvalue weighted by atomic mass is 10.2. The van der Waals surface area contributed by atoms with Gasteiger partial charge in [0, 0.05) is 0 Å². The van der Waals surface area contributed by atoms with Crippen molar-refractivity contribution in [2.75, 3.05) is 13.2 Å². The van der Waals surface area contributed by atoms with Crippen molar-refractivity contribution in [1.29, 1.82) is 0 Å². The van der Waals surface area contributed by atoms with Crippen molar-refractivity contribution >= 4 is 11.9 Å². The Bertz CT molecular complexity index is 539. The van der Waals surface area contributed by atoms with Crippen molar-refractivity contribution < 1.29 is 28.9 Å². The number of carbonyl (C=O) groups excluding carboxylic acids is 2. The molecule has 22 heavy (non-hydrogen) atoms. The maximum Gasteiger partial charge on any atom is 0.344 e. The Hall–Kier alpha value is -2.34. The van der Waals surface area contributed by atoms with Gasteiger partial charge in [-0.15, -0.1) is 0 Å². The van der Waals surface area contributed by atoms with Crippen molar-refractivity contribution in [3.63, 3.8) is 0 Å². The molecule has 1 aromatic rings. The van der Waals surface area contributed by atoms with Crippen molar-refractivity contribution in [2.24, 2.45) is 0 Å². The first kappa shape index (κ1) is 17.7. The Morgan fingerprint density at radius 1 is 1.14 bits per heavy atom. The Labute approximate surface area is 129 Å². The number of carbonyl (C=O) groups is 2. The molecule has 120 valence electrons. The maximum absolute atomic E-state index is 11.5. The molecule has 0 aliphatic rings. The quantitative estimate of drug-likeness (QED) is 0.491. The number of hydrogen-bond acceptors (Lipinski definition) is 6. The van der Waals surface area contributed by atoms with Gasteiger partial charge < -0.3 is 19.3 Å². The summed E-state index contributed by atoms with van der Waals surface area (Å²) < 4.78 is 15.3. The summed E-state index contributed by atoms with van der Waals surface area (Å²) in [6.07, 6.45) is 0. The molecule has 0 heterocycles. The van der Waals surface area contributed by atoms with Gasteiger partial charge in [0.25, 0.3) is 0 Å². The van der Waals surface area contributed by atoms with Crippen LogP contribution in [0.15, 0.2) is 36.4 Å². The molecule has 0 aliphatic carbocycles. The monoisotopic (exact) mass is 308 g/mol. The van der Waals surface area contributed by atoms with Gasteiger partial charge >= 0.3 is 11.9 Å². The molecule has 0 bridgehead atoms. The third-order valence-electron chi connectivity index (χ3n) is 2.29. The molecule has 6 heteroatoms. The van der Waals surface area contributed by atoms with Crippen LogP contribution in [0.25, 0.3) is 0 Å². The van der Waals surface area contributed by atoms with Crippen LogP contribution in [0.5, 0.6) is 11.5 Å². The summed E-state index contributed by atoms with van der Waals surface area (Å²) in [4.78, 5) is 22.9. The molecule has 1 rings (SSSR count). The van der Waals surface area contributed by atoms with E-state index in [2.05, 4.69) is 6.58 Å². The Morgan fingerprint density at radius 3 is 2.18 bits per heavy atom. The zero-order valence-electron chi connectivity index (χ0n) is 12.9. The number of aliphatic hydroxyl groups is 1. The molecule has 0 saturated carbocycles. The van der Waals surface area contributed by atoms with Gasteiger partial charge in [-0.25, -0.2) is 9.59 Å². The van der Waals surface area contributed by atoms with E-state index in [1.165, 1.54) is 12.1 Å². The van der Waals surface area contributed by atoms with Gasteiger partial charge in [0.05, 0.1) is 12.2 Å². The fourth-order valence-corrected chi connectivity index (χ4v) is 1.36. The first-order valence-corrected chi connectivity index (χ1v) is 6.67. The number of aliphatic hydroxyl groups excluding tert-OH is 1. The van der Waals surface area contributed by atoms with Gasteiger partial charge in [-0.3, -0.25) is 0 Å². The lowest BCUT2D eigenvalue weighted by molar-refractivity contribution is -0.157. The standard InChI is InChI=1S/C16H20O6/c1-11(9-17)15(19)21-13-7-5-12(6-8-13)20-10-14(18)22-16(2,3)4/h5-8,17H,1,9-10H2,2-4H3. The van der Waals surface area contributed by atoms with Crippen LogP contribution in [-0.2, 0) is 14.3 Å². The van der Waals surface area contributed by atoms with Gasteiger partial charge in [0.1, 0.15) is 17.1 Å². The van der Waals surface area contributed by atoms with E-state index >= 15 is 0 Å². The minimum absolute atomic E-state index is 0.0368. The lowest BCUT2D eigenvalue weighted by Gasteiger charge is -2.19. The second-order valence-corrected chi connectivity index (χ2v) is 5.50. The number of rotatable bonds is 6. The third-order valence-corrected chi connectivity index (χ3v) is 2.29. The Kier molecular flexibility index (Phi) is 6.12. The van der Waals surface area contributed by atoms with Gasteiger partial charge in [0.15, 0.2) is 6.61 Å². The zero-order valence-corrected chi connectivity index (χ0v) is 12.9. The summed E-state index contributed by atoms with van der Waals surface area (Å²) in [5, 5.41) is 8.77. The number of hydrogen-bond donors (Lipinski definition) is 1. The molecule has 0 aliphatic heterocycles. The summed E-state index contributed by atoms with van der Waals surface area (Å²) in [5.41, 5.74) is -0.599. The molecule has 0 fully saturated rings. The SMILES string of the molecule is C=C(CO)C(=O)Oc1ccc(OCC(=O)OC(C)(C)C)cc1. The second-order valence-electron chi connectivity index (χ2n) is 5.50. The van der Waals surface area contributed by atoms with Crippen LogP contribution in [0.4, 0.5) is 0 Å². The largest absolute Gasteiger partial charge is 0.482 e. The minimum Gasteiger partial charge on any atom is -0.482 e. The summed E-state index contributed by atoms with van der Waals surface area (Å²) in [5.74, 6) is -0.456. The highest BCUT2D eigenvalue weighted by Gasteiger charge is 2.16. The molecule has 0 unspecified atom stereocenters. The average molecular weight is 308 g/mol. The third kappa shape index (κ3) is 6.41. The summed E-state index contributed by atoms with van der Waals surface area (Å²) in [6, 6.07) is 6.11. The van der Waals surface area contributed by atoms with Crippen LogP contribution < -0.4 is 9.47 Å². The molecule has 1 N–H and O–H groups in total. The van der Waals surface area contributed by atoms with E-state index in [4.69, 9.17) is 19.3 Å². The number of esters is 2. The normalized spacial score (nSPS) is 10.7. The van der Waals surface area contributed by atoms with Crippen LogP contribution in [0.1, 0.15) is 20.8 Å². The van der Waals surface area contributed by atoms with Crippen LogP contribution in [0, 0.1) is 0 Å². The van der Waals surface area contributed by atoms with E-state index in [9.17, 15) is 9.59 Å². The fourth-order valence-electron chi connectivity index (χ4n) is 1.36. The average Bonchev–Trinajstić information content (AvgIpc) is 2.43. The molecular formula is C16H20O6. The van der Waals surface area contributed by atoms with Gasteiger partial charge in [-0.05, 0) is 45.0 Å². The molecule has 6 nitrogen and oxygen atoms in total. The minimum atomic E-state index is -0.704. The van der Waals surface area contributed by atoms with Crippen LogP contribution in [-0.4, -0.2) is 35.9 Å². The van der Waals surface area contributed by atoms with E-state index in [1.807, 2.05) is 0 Å². The molecule has 0 spiro atoms. The van der Waals surface area contributed by atoms with Crippen molar-refractivity contribution in [1.82, 2.24) is 0 Å². The molecule has 0 amide bonds. The van der Waals surface area contributed by atoms with Crippen LogP contribution in [0.3, 0.4) is 0 Å². The fraction of sp³-hybridized carbons (Fsp3) is 0.375. The van der Waals surface area contributed by atoms with Crippen LogP contribution in [0.2, 0.25) is 0 Å². The number of ether oxygens (including phenoxy) is 3. The maximum atomic E-state index is 11.5. The first-order valence-electron chi connectivity index (χ1n) is 6.67. The van der Waals surface area contributed by atoms with E-state index in [-0.39, 0.29) is 17.9 Å². The molecule has 0 aromatic heterocycles. The summed E-state index contributed by atoms with van der Waals surface area (Å²) in [7, 11) is 0. The van der Waals surface area contributed by atoms with Crippen molar-refractivity contribution in [3.05, 3.63) is 36.4 Å². The summed E-state index contributed by atoms with van der Waals surface area (Å²) >= 11 is 0. The van der Waals surface area contributed by atoms with Crippen molar-refractivity contribution in [2.45, 2.75) is 26.4 Å². The lowest BCUT2D eigenvalue weighted by Crippen LogP contribution is -2.27. The van der Waals surface area contributed by atoms with E-state index in [0.717, 1.165) is 0 Å². The predicted octanol–water partition coefficient (Wildman–Crippen LogP) is 1.86. The molecule has 1 aromatic carbocycles. The second kappa shape index (κ2) is 7.61. The van der Waals surface area contributed by atoms with Gasteiger partial charge in [-0.2, -0.15) is 0 Å². The Balaban J connectivity index is 2.50. The molecule has 0 atom stereocenters. The first-order chi connectivity index (χ1) is 10.2.